The van der Waals surface area contributed by atoms with Gasteiger partial charge in [0.1, 0.15) is 0 Å². The van der Waals surface area contributed by atoms with Gasteiger partial charge in [0.05, 0.1) is 5.41 Å². The Morgan fingerprint density at radius 3 is 2.59 bits per heavy atom. The fourth-order valence-corrected chi connectivity index (χ4v) is 5.26. The van der Waals surface area contributed by atoms with Crippen LogP contribution < -0.4 is 0 Å². The lowest BCUT2D eigenvalue weighted by molar-refractivity contribution is -0.136. The van der Waals surface area contributed by atoms with Gasteiger partial charge in [0.15, 0.2) is 0 Å². The van der Waals surface area contributed by atoms with Crippen molar-refractivity contribution in [1.82, 2.24) is 9.80 Å². The normalized spacial score (nSPS) is 25.9. The van der Waals surface area contributed by atoms with Gasteiger partial charge in [0.25, 0.3) is 0 Å². The summed E-state index contributed by atoms with van der Waals surface area (Å²) in [6.07, 6.45) is 9.64. The molecule has 1 spiro atoms. The molecule has 0 bridgehead atoms. The molecule has 27 heavy (non-hydrogen) atoms. The maximum Gasteiger partial charge on any atom is 0.230 e. The molecule has 2 heterocycles. The van der Waals surface area contributed by atoms with E-state index in [2.05, 4.69) is 24.3 Å². The monoisotopic (exact) mass is 368 g/mol. The van der Waals surface area contributed by atoms with E-state index in [9.17, 15) is 9.59 Å². The Labute approximate surface area is 162 Å². The van der Waals surface area contributed by atoms with Crippen LogP contribution in [0.3, 0.4) is 0 Å². The second-order valence-corrected chi connectivity index (χ2v) is 8.81. The number of likely N-dealkylation sites (tertiary alicyclic amines) is 2. The number of rotatable bonds is 6. The minimum Gasteiger partial charge on any atom is -0.342 e. The summed E-state index contributed by atoms with van der Waals surface area (Å²) in [5.74, 6) is 1.31. The van der Waals surface area contributed by atoms with Gasteiger partial charge in [0.2, 0.25) is 11.8 Å². The van der Waals surface area contributed by atoms with E-state index in [0.717, 1.165) is 51.2 Å². The van der Waals surface area contributed by atoms with Crippen LogP contribution >= 0.6 is 0 Å². The van der Waals surface area contributed by atoms with Crippen LogP contribution in [-0.4, -0.2) is 47.8 Å². The maximum atomic E-state index is 13.1. The summed E-state index contributed by atoms with van der Waals surface area (Å²) in [6.45, 7) is 3.05. The van der Waals surface area contributed by atoms with Gasteiger partial charge in [-0.3, -0.25) is 9.59 Å². The molecule has 0 radical (unpaired) electrons. The molecule has 4 nitrogen and oxygen atoms in total. The highest BCUT2D eigenvalue weighted by Crippen LogP contribution is 2.41. The van der Waals surface area contributed by atoms with Crippen molar-refractivity contribution in [1.29, 1.82) is 0 Å². The zero-order chi connectivity index (χ0) is 18.7. The molecule has 0 N–H and O–H groups in total. The maximum absolute atomic E-state index is 13.1. The summed E-state index contributed by atoms with van der Waals surface area (Å²) in [5, 5.41) is 0. The topological polar surface area (TPSA) is 40.6 Å². The number of hydrogen-bond donors (Lipinski definition) is 0. The third-order valence-corrected chi connectivity index (χ3v) is 7.06. The fourth-order valence-electron chi connectivity index (χ4n) is 5.26. The molecule has 3 fully saturated rings. The first-order chi connectivity index (χ1) is 13.2. The molecule has 1 unspecified atom stereocenters. The smallest absolute Gasteiger partial charge is 0.230 e. The van der Waals surface area contributed by atoms with Gasteiger partial charge < -0.3 is 9.80 Å². The fraction of sp³-hybridized carbons (Fsp3) is 0.652. The van der Waals surface area contributed by atoms with Crippen LogP contribution in [0.4, 0.5) is 0 Å². The SMILES string of the molecule is O=C(CCC1CCCC1)N1CCC2(CCN(CCc3ccccc3)C2=O)C1. The first-order valence-electron chi connectivity index (χ1n) is 10.8. The lowest BCUT2D eigenvalue weighted by Gasteiger charge is -2.24. The zero-order valence-corrected chi connectivity index (χ0v) is 16.4. The first-order valence-corrected chi connectivity index (χ1v) is 10.8. The van der Waals surface area contributed by atoms with Crippen molar-refractivity contribution in [3.63, 3.8) is 0 Å². The highest BCUT2D eigenvalue weighted by Gasteiger charge is 2.51. The van der Waals surface area contributed by atoms with Gasteiger partial charge in [-0.25, -0.2) is 0 Å². The van der Waals surface area contributed by atoms with Crippen molar-refractivity contribution in [2.24, 2.45) is 11.3 Å². The van der Waals surface area contributed by atoms with Crippen LogP contribution in [-0.2, 0) is 16.0 Å². The summed E-state index contributed by atoms with van der Waals surface area (Å²) in [4.78, 5) is 29.7. The van der Waals surface area contributed by atoms with Gasteiger partial charge in [-0.2, -0.15) is 0 Å². The molecular formula is C23H32N2O2. The van der Waals surface area contributed by atoms with Crippen LogP contribution in [0.1, 0.15) is 56.9 Å². The Balaban J connectivity index is 1.28. The number of carbonyl (C=O) groups excluding carboxylic acids is 2. The van der Waals surface area contributed by atoms with E-state index < -0.39 is 0 Å². The molecule has 2 saturated heterocycles. The largest absolute Gasteiger partial charge is 0.342 e. The van der Waals surface area contributed by atoms with Crippen molar-refractivity contribution in [2.45, 2.75) is 57.8 Å². The summed E-state index contributed by atoms with van der Waals surface area (Å²) in [5.41, 5.74) is 0.987. The first kappa shape index (κ1) is 18.5. The quantitative estimate of drug-likeness (QED) is 0.769. The standard InChI is InChI=1S/C23H32N2O2/c26-21(11-10-19-8-4-5-9-19)25-17-14-23(18-25)13-16-24(22(23)27)15-12-20-6-2-1-3-7-20/h1-3,6-7,19H,4-5,8-18H2. The Bertz CT molecular complexity index is 668. The van der Waals surface area contributed by atoms with Crippen molar-refractivity contribution in [3.05, 3.63) is 35.9 Å². The number of hydrogen-bond acceptors (Lipinski definition) is 2. The van der Waals surface area contributed by atoms with E-state index in [-0.39, 0.29) is 17.2 Å². The van der Waals surface area contributed by atoms with Gasteiger partial charge in [-0.05, 0) is 37.2 Å². The Hall–Kier alpha value is -1.84. The van der Waals surface area contributed by atoms with Gasteiger partial charge in [-0.15, -0.1) is 0 Å². The molecule has 0 aromatic heterocycles. The minimum absolute atomic E-state index is 0.273. The molecule has 1 saturated carbocycles. The van der Waals surface area contributed by atoms with Crippen molar-refractivity contribution >= 4 is 11.8 Å². The molecule has 1 atom stereocenters. The number of carbonyl (C=O) groups is 2. The predicted molar refractivity (Wildman–Crippen MR) is 106 cm³/mol. The number of nitrogens with zero attached hydrogens (tertiary/aromatic N) is 2. The third-order valence-electron chi connectivity index (χ3n) is 7.06. The van der Waals surface area contributed by atoms with E-state index in [0.29, 0.717) is 13.0 Å². The van der Waals surface area contributed by atoms with E-state index in [1.54, 1.807) is 0 Å². The summed E-state index contributed by atoms with van der Waals surface area (Å²) < 4.78 is 0. The van der Waals surface area contributed by atoms with Crippen LogP contribution in [0.15, 0.2) is 30.3 Å². The average molecular weight is 369 g/mol. The van der Waals surface area contributed by atoms with E-state index in [1.165, 1.54) is 31.2 Å². The van der Waals surface area contributed by atoms with E-state index in [4.69, 9.17) is 0 Å². The summed E-state index contributed by atoms with van der Waals surface area (Å²) in [7, 11) is 0. The van der Waals surface area contributed by atoms with Gasteiger partial charge >= 0.3 is 0 Å². The molecule has 2 aliphatic heterocycles. The van der Waals surface area contributed by atoms with Gasteiger partial charge in [-0.1, -0.05) is 56.0 Å². The third kappa shape index (κ3) is 4.04. The van der Waals surface area contributed by atoms with Crippen LogP contribution in [0.2, 0.25) is 0 Å². The summed E-state index contributed by atoms with van der Waals surface area (Å²) in [6, 6.07) is 10.4. The zero-order valence-electron chi connectivity index (χ0n) is 16.4. The average Bonchev–Trinajstić information content (AvgIpc) is 3.43. The number of amides is 2. The highest BCUT2D eigenvalue weighted by molar-refractivity contribution is 5.87. The summed E-state index contributed by atoms with van der Waals surface area (Å²) >= 11 is 0. The van der Waals surface area contributed by atoms with E-state index >= 15 is 0 Å². The molecule has 4 heteroatoms. The second-order valence-electron chi connectivity index (χ2n) is 8.81. The lowest BCUT2D eigenvalue weighted by Crippen LogP contribution is -2.39. The molecule has 2 amide bonds. The van der Waals surface area contributed by atoms with Crippen molar-refractivity contribution < 1.29 is 9.59 Å². The second kappa shape index (κ2) is 8.04. The molecule has 3 aliphatic rings. The predicted octanol–water partition coefficient (Wildman–Crippen LogP) is 3.65. The van der Waals surface area contributed by atoms with Crippen LogP contribution in [0.5, 0.6) is 0 Å². The minimum atomic E-state index is -0.292. The Kier molecular flexibility index (Phi) is 5.51. The lowest BCUT2D eigenvalue weighted by atomic mass is 9.85. The molecule has 146 valence electrons. The van der Waals surface area contributed by atoms with Crippen molar-refractivity contribution in [3.8, 4) is 0 Å². The molecule has 4 rings (SSSR count). The van der Waals surface area contributed by atoms with Crippen molar-refractivity contribution in [2.75, 3.05) is 26.2 Å². The van der Waals surface area contributed by atoms with Crippen LogP contribution in [0.25, 0.3) is 0 Å². The molecule has 1 aromatic carbocycles. The highest BCUT2D eigenvalue weighted by atomic mass is 16.2. The van der Waals surface area contributed by atoms with Crippen LogP contribution in [0, 0.1) is 11.3 Å². The Morgan fingerprint density at radius 2 is 1.81 bits per heavy atom. The molecular weight excluding hydrogens is 336 g/mol. The molecule has 1 aliphatic carbocycles. The van der Waals surface area contributed by atoms with Gasteiger partial charge in [0, 0.05) is 32.6 Å². The Morgan fingerprint density at radius 1 is 1.07 bits per heavy atom. The number of benzene rings is 1. The van der Waals surface area contributed by atoms with E-state index in [1.807, 2.05) is 15.9 Å². The molecule has 1 aromatic rings.